The molecule has 0 heterocycles. The maximum absolute atomic E-state index is 2.82. The van der Waals surface area contributed by atoms with Crippen LogP contribution in [0, 0.1) is 86.3 Å². The van der Waals surface area contributed by atoms with Gasteiger partial charge < -0.3 is 0 Å². The van der Waals surface area contributed by atoms with Gasteiger partial charge in [-0.1, -0.05) is 116 Å². The van der Waals surface area contributed by atoms with Gasteiger partial charge in [0.2, 0.25) is 0 Å². The molecule has 4 rings (SSSR count). The summed E-state index contributed by atoms with van der Waals surface area (Å²) >= 11 is 0. The van der Waals surface area contributed by atoms with E-state index in [0.717, 1.165) is 59.2 Å². The Hall–Kier alpha value is 0. The summed E-state index contributed by atoms with van der Waals surface area (Å²) in [6, 6.07) is 0. The van der Waals surface area contributed by atoms with Crippen molar-refractivity contribution in [2.75, 3.05) is 0 Å². The fourth-order valence-corrected chi connectivity index (χ4v) is 12.2. The van der Waals surface area contributed by atoms with Gasteiger partial charge in [0.25, 0.3) is 0 Å². The average Bonchev–Trinajstić information content (AvgIpc) is 3.77. The minimum absolute atomic E-state index is 0.447. The molecule has 44 heavy (non-hydrogen) atoms. The molecule has 0 aromatic heterocycles. The van der Waals surface area contributed by atoms with Crippen LogP contribution in [0.3, 0.4) is 0 Å². The van der Waals surface area contributed by atoms with Crippen molar-refractivity contribution in [3.05, 3.63) is 0 Å². The lowest BCUT2D eigenvalue weighted by atomic mass is 9.54. The highest BCUT2D eigenvalue weighted by Crippen LogP contribution is 2.74. The van der Waals surface area contributed by atoms with E-state index in [1.165, 1.54) is 96.3 Å². The summed E-state index contributed by atoms with van der Waals surface area (Å²) in [4.78, 5) is 0. The highest BCUT2D eigenvalue weighted by atomic mass is 14.7. The average molecular weight is 611 g/mol. The summed E-state index contributed by atoms with van der Waals surface area (Å²) < 4.78 is 0. The van der Waals surface area contributed by atoms with Gasteiger partial charge in [-0.3, -0.25) is 0 Å². The smallest absolute Gasteiger partial charge is 0.0289 e. The lowest BCUT2D eigenvalue weighted by molar-refractivity contribution is -0.0147. The molecule has 0 aromatic rings. The summed E-state index contributed by atoms with van der Waals surface area (Å²) in [5.41, 5.74) is 2.72. The molecule has 12 unspecified atom stereocenters. The molecule has 4 saturated carbocycles. The van der Waals surface area contributed by atoms with Crippen LogP contribution in [0.2, 0.25) is 0 Å². The van der Waals surface area contributed by atoms with Crippen LogP contribution in [-0.2, 0) is 0 Å². The molecule has 0 amide bonds. The third-order valence-electron chi connectivity index (χ3n) is 16.3. The molecule has 0 saturated heterocycles. The zero-order valence-corrected chi connectivity index (χ0v) is 32.9. The SMILES string of the molecule is CCC(C)CC(C)(CCC1(C)CC2CC2(C)CCCC1C(C)(C)CCC1(C)CC2C(CC)C21)CC(CC(C)C(C)C)C(C)C. The molecule has 0 radical (unpaired) electrons. The van der Waals surface area contributed by atoms with Crippen LogP contribution in [0.4, 0.5) is 0 Å². The van der Waals surface area contributed by atoms with E-state index in [-0.39, 0.29) is 0 Å². The normalized spacial score (nSPS) is 40.2. The first-order valence-corrected chi connectivity index (χ1v) is 20.3. The Morgan fingerprint density at radius 2 is 1.43 bits per heavy atom. The molecule has 4 fully saturated rings. The molecule has 12 atom stereocenters. The van der Waals surface area contributed by atoms with Gasteiger partial charge in [-0.15, -0.1) is 0 Å². The van der Waals surface area contributed by atoms with Gasteiger partial charge in [0.1, 0.15) is 0 Å². The minimum Gasteiger partial charge on any atom is -0.0651 e. The van der Waals surface area contributed by atoms with E-state index in [4.69, 9.17) is 0 Å². The molecule has 0 spiro atoms. The van der Waals surface area contributed by atoms with Crippen LogP contribution in [0.25, 0.3) is 0 Å². The van der Waals surface area contributed by atoms with Gasteiger partial charge in [0.15, 0.2) is 0 Å². The fourth-order valence-electron chi connectivity index (χ4n) is 12.2. The number of hydrogen-bond acceptors (Lipinski definition) is 0. The van der Waals surface area contributed by atoms with Crippen LogP contribution in [0.5, 0.6) is 0 Å². The summed E-state index contributed by atoms with van der Waals surface area (Å²) in [6.45, 7) is 36.2. The highest BCUT2D eigenvalue weighted by molar-refractivity contribution is 5.16. The van der Waals surface area contributed by atoms with Crippen LogP contribution < -0.4 is 0 Å². The predicted molar refractivity (Wildman–Crippen MR) is 196 cm³/mol. The molecule has 4 aliphatic carbocycles. The maximum Gasteiger partial charge on any atom is -0.0289 e. The second kappa shape index (κ2) is 13.5. The molecule has 0 aromatic carbocycles. The second-order valence-corrected chi connectivity index (χ2v) is 21.2. The quantitative estimate of drug-likeness (QED) is 0.154. The first-order chi connectivity index (χ1) is 20.3. The van der Waals surface area contributed by atoms with Crippen molar-refractivity contribution in [3.63, 3.8) is 0 Å². The van der Waals surface area contributed by atoms with E-state index < -0.39 is 0 Å². The molecular formula is C44H82. The van der Waals surface area contributed by atoms with Crippen molar-refractivity contribution in [1.82, 2.24) is 0 Å². The van der Waals surface area contributed by atoms with Crippen molar-refractivity contribution in [2.24, 2.45) is 86.3 Å². The molecule has 0 aliphatic heterocycles. The van der Waals surface area contributed by atoms with E-state index in [9.17, 15) is 0 Å². The molecule has 4 aliphatic rings. The monoisotopic (exact) mass is 611 g/mol. The summed E-state index contributed by atoms with van der Waals surface area (Å²) in [5.74, 6) is 9.21. The first kappa shape index (κ1) is 36.8. The van der Waals surface area contributed by atoms with Crippen LogP contribution >= 0.6 is 0 Å². The summed E-state index contributed by atoms with van der Waals surface area (Å²) in [7, 11) is 0. The third kappa shape index (κ3) is 7.99. The van der Waals surface area contributed by atoms with Gasteiger partial charge in [-0.25, -0.2) is 0 Å². The fraction of sp³-hybridized carbons (Fsp3) is 1.00. The number of fused-ring (bicyclic) bond motifs is 2. The van der Waals surface area contributed by atoms with E-state index in [1.54, 1.807) is 0 Å². The van der Waals surface area contributed by atoms with Crippen LogP contribution in [-0.4, -0.2) is 0 Å². The Bertz CT molecular complexity index is 926. The van der Waals surface area contributed by atoms with E-state index in [2.05, 4.69) is 96.9 Å². The van der Waals surface area contributed by atoms with Crippen molar-refractivity contribution in [3.8, 4) is 0 Å². The predicted octanol–water partition coefficient (Wildman–Crippen LogP) is 14.3. The van der Waals surface area contributed by atoms with Crippen molar-refractivity contribution >= 4 is 0 Å². The largest absolute Gasteiger partial charge is 0.0651 e. The molecular weight excluding hydrogens is 528 g/mol. The minimum atomic E-state index is 0.447. The molecule has 0 heteroatoms. The van der Waals surface area contributed by atoms with Gasteiger partial charge in [-0.05, 0) is 163 Å². The maximum atomic E-state index is 2.82. The number of hydrogen-bond donors (Lipinski definition) is 0. The van der Waals surface area contributed by atoms with Gasteiger partial charge in [0, 0.05) is 0 Å². The summed E-state index contributed by atoms with van der Waals surface area (Å²) in [6.07, 6.45) is 21.9. The standard InChI is InChI=1S/C44H82/c1-15-32(7)25-41(11,26-34(31(5)6)24-33(8)30(3)4)21-23-43(13)28-35-27-42(35,12)19-17-18-38(43)40(9,10)20-22-44(14)29-37-36(16-2)39(37)44/h30-39H,15-29H2,1-14H3. The Balaban J connectivity index is 1.54. The first-order valence-electron chi connectivity index (χ1n) is 20.3. The molecule has 258 valence electrons. The van der Waals surface area contributed by atoms with E-state index in [1.807, 2.05) is 0 Å². The van der Waals surface area contributed by atoms with Gasteiger partial charge >= 0.3 is 0 Å². The summed E-state index contributed by atoms with van der Waals surface area (Å²) in [5, 5.41) is 0. The van der Waals surface area contributed by atoms with E-state index >= 15 is 0 Å². The Morgan fingerprint density at radius 3 is 2.00 bits per heavy atom. The second-order valence-electron chi connectivity index (χ2n) is 21.2. The van der Waals surface area contributed by atoms with Crippen LogP contribution in [0.15, 0.2) is 0 Å². The van der Waals surface area contributed by atoms with E-state index in [0.29, 0.717) is 27.1 Å². The van der Waals surface area contributed by atoms with Crippen molar-refractivity contribution in [2.45, 2.75) is 193 Å². The molecule has 0 nitrogen and oxygen atoms in total. The van der Waals surface area contributed by atoms with Crippen molar-refractivity contribution < 1.29 is 0 Å². The lowest BCUT2D eigenvalue weighted by Crippen LogP contribution is -2.42. The zero-order chi connectivity index (χ0) is 32.9. The van der Waals surface area contributed by atoms with Gasteiger partial charge in [-0.2, -0.15) is 0 Å². The Kier molecular flexibility index (Phi) is 11.3. The topological polar surface area (TPSA) is 0 Å². The molecule has 0 bridgehead atoms. The zero-order valence-electron chi connectivity index (χ0n) is 32.9. The Morgan fingerprint density at radius 1 is 0.773 bits per heavy atom. The Labute approximate surface area is 278 Å². The van der Waals surface area contributed by atoms with Gasteiger partial charge in [0.05, 0.1) is 0 Å². The number of rotatable bonds is 17. The third-order valence-corrected chi connectivity index (χ3v) is 16.3. The molecule has 0 N–H and O–H groups in total. The van der Waals surface area contributed by atoms with Crippen molar-refractivity contribution in [1.29, 1.82) is 0 Å². The lowest BCUT2D eigenvalue weighted by Gasteiger charge is -2.51. The van der Waals surface area contributed by atoms with Crippen LogP contribution in [0.1, 0.15) is 193 Å². The highest BCUT2D eigenvalue weighted by Gasteiger charge is 2.67.